The second-order valence-corrected chi connectivity index (χ2v) is 2.79. The lowest BCUT2D eigenvalue weighted by molar-refractivity contribution is -0.120. The van der Waals surface area contributed by atoms with E-state index in [-0.39, 0.29) is 11.9 Å². The first kappa shape index (κ1) is 7.54. The van der Waals surface area contributed by atoms with Crippen molar-refractivity contribution in [2.45, 2.75) is 25.8 Å². The molecule has 1 aliphatic rings. The standard InChI is InChI=1S/C7H14N2O/c1-2-5-3-4-9-6(5)7(8)10/h5-6,9H,2-4H2,1H3,(H2,8,10)/t5-,6-/m0/s1. The second-order valence-electron chi connectivity index (χ2n) is 2.79. The second kappa shape index (κ2) is 3.01. The van der Waals surface area contributed by atoms with Crippen molar-refractivity contribution in [2.24, 2.45) is 11.7 Å². The molecule has 1 amide bonds. The van der Waals surface area contributed by atoms with E-state index in [0.717, 1.165) is 19.4 Å². The average molecular weight is 142 g/mol. The fourth-order valence-corrected chi connectivity index (χ4v) is 1.53. The van der Waals surface area contributed by atoms with E-state index in [0.29, 0.717) is 5.92 Å². The van der Waals surface area contributed by atoms with Crippen molar-refractivity contribution in [1.82, 2.24) is 5.32 Å². The van der Waals surface area contributed by atoms with Crippen molar-refractivity contribution in [1.29, 1.82) is 0 Å². The highest BCUT2D eigenvalue weighted by Crippen LogP contribution is 2.17. The van der Waals surface area contributed by atoms with Gasteiger partial charge >= 0.3 is 0 Å². The molecule has 2 atom stereocenters. The Hall–Kier alpha value is -0.570. The lowest BCUT2D eigenvalue weighted by Crippen LogP contribution is -2.40. The Bertz CT molecular complexity index is 136. The SMILES string of the molecule is CC[C@H]1CCN[C@@H]1C(N)=O. The van der Waals surface area contributed by atoms with Gasteiger partial charge in [0.25, 0.3) is 0 Å². The molecular weight excluding hydrogens is 128 g/mol. The molecule has 1 saturated heterocycles. The molecule has 0 saturated carbocycles. The van der Waals surface area contributed by atoms with E-state index in [1.165, 1.54) is 0 Å². The summed E-state index contributed by atoms with van der Waals surface area (Å²) in [7, 11) is 0. The fourth-order valence-electron chi connectivity index (χ4n) is 1.53. The van der Waals surface area contributed by atoms with Gasteiger partial charge in [0.2, 0.25) is 5.91 Å². The van der Waals surface area contributed by atoms with E-state index in [1.54, 1.807) is 0 Å². The summed E-state index contributed by atoms with van der Waals surface area (Å²) in [4.78, 5) is 10.7. The summed E-state index contributed by atoms with van der Waals surface area (Å²) in [5.41, 5.74) is 5.16. The largest absolute Gasteiger partial charge is 0.368 e. The Kier molecular flexibility index (Phi) is 2.27. The molecule has 3 N–H and O–H groups in total. The zero-order valence-corrected chi connectivity index (χ0v) is 6.26. The van der Waals surface area contributed by atoms with Gasteiger partial charge in [-0.25, -0.2) is 0 Å². The van der Waals surface area contributed by atoms with E-state index in [1.807, 2.05) is 0 Å². The number of amides is 1. The molecule has 3 heteroatoms. The molecule has 0 aromatic rings. The van der Waals surface area contributed by atoms with Crippen molar-refractivity contribution < 1.29 is 4.79 Å². The number of hydrogen-bond acceptors (Lipinski definition) is 2. The van der Waals surface area contributed by atoms with Crippen LogP contribution in [0, 0.1) is 5.92 Å². The van der Waals surface area contributed by atoms with Gasteiger partial charge in [-0.2, -0.15) is 0 Å². The number of hydrogen-bond donors (Lipinski definition) is 2. The number of nitrogens with one attached hydrogen (secondary N) is 1. The summed E-state index contributed by atoms with van der Waals surface area (Å²) in [6, 6.07) is -0.0648. The van der Waals surface area contributed by atoms with Gasteiger partial charge in [-0.1, -0.05) is 13.3 Å². The predicted octanol–water partition coefficient (Wildman–Crippen LogP) is -0.140. The van der Waals surface area contributed by atoms with Crippen molar-refractivity contribution in [3.05, 3.63) is 0 Å². The zero-order chi connectivity index (χ0) is 7.56. The summed E-state index contributed by atoms with van der Waals surface area (Å²) in [5.74, 6) is 0.266. The van der Waals surface area contributed by atoms with Crippen LogP contribution in [0.2, 0.25) is 0 Å². The monoisotopic (exact) mass is 142 g/mol. The molecule has 0 unspecified atom stereocenters. The van der Waals surface area contributed by atoms with Crippen LogP contribution in [0.15, 0.2) is 0 Å². The van der Waals surface area contributed by atoms with Crippen LogP contribution < -0.4 is 11.1 Å². The Morgan fingerprint density at radius 3 is 2.90 bits per heavy atom. The molecule has 0 aliphatic carbocycles. The maximum absolute atomic E-state index is 10.7. The molecule has 1 rings (SSSR count). The fraction of sp³-hybridized carbons (Fsp3) is 0.857. The van der Waals surface area contributed by atoms with Crippen LogP contribution in [0.25, 0.3) is 0 Å². The third kappa shape index (κ3) is 1.29. The normalized spacial score (nSPS) is 32.5. The van der Waals surface area contributed by atoms with Crippen LogP contribution in [0.4, 0.5) is 0 Å². The van der Waals surface area contributed by atoms with Gasteiger partial charge in [0.15, 0.2) is 0 Å². The van der Waals surface area contributed by atoms with E-state index >= 15 is 0 Å². The number of nitrogens with two attached hydrogens (primary N) is 1. The summed E-state index contributed by atoms with van der Waals surface area (Å²) >= 11 is 0. The molecule has 0 aromatic carbocycles. The molecule has 0 spiro atoms. The minimum atomic E-state index is -0.204. The number of carbonyl (C=O) groups is 1. The van der Waals surface area contributed by atoms with Crippen LogP contribution in [0.1, 0.15) is 19.8 Å². The third-order valence-corrected chi connectivity index (χ3v) is 2.18. The Labute approximate surface area is 61.0 Å². The summed E-state index contributed by atoms with van der Waals surface area (Å²) in [5, 5.41) is 3.08. The maximum Gasteiger partial charge on any atom is 0.234 e. The Balaban J connectivity index is 2.50. The van der Waals surface area contributed by atoms with E-state index < -0.39 is 0 Å². The van der Waals surface area contributed by atoms with Gasteiger partial charge in [0.1, 0.15) is 0 Å². The summed E-state index contributed by atoms with van der Waals surface area (Å²) < 4.78 is 0. The summed E-state index contributed by atoms with van der Waals surface area (Å²) in [6.07, 6.45) is 2.13. The predicted molar refractivity (Wildman–Crippen MR) is 39.4 cm³/mol. The molecule has 0 aromatic heterocycles. The molecule has 1 aliphatic heterocycles. The van der Waals surface area contributed by atoms with Crippen molar-refractivity contribution in [3.63, 3.8) is 0 Å². The van der Waals surface area contributed by atoms with Crippen molar-refractivity contribution in [2.75, 3.05) is 6.54 Å². The topological polar surface area (TPSA) is 55.1 Å². The number of carbonyl (C=O) groups excluding carboxylic acids is 1. The van der Waals surface area contributed by atoms with Crippen molar-refractivity contribution >= 4 is 5.91 Å². The van der Waals surface area contributed by atoms with Crippen LogP contribution >= 0.6 is 0 Å². The quantitative estimate of drug-likeness (QED) is 0.564. The zero-order valence-electron chi connectivity index (χ0n) is 6.26. The number of primary amides is 1. The molecule has 58 valence electrons. The van der Waals surface area contributed by atoms with E-state index in [9.17, 15) is 4.79 Å². The number of rotatable bonds is 2. The van der Waals surface area contributed by atoms with Gasteiger partial charge in [0, 0.05) is 0 Å². The van der Waals surface area contributed by atoms with Gasteiger partial charge in [-0.05, 0) is 18.9 Å². The molecule has 0 radical (unpaired) electrons. The molecule has 1 heterocycles. The highest BCUT2D eigenvalue weighted by molar-refractivity contribution is 5.80. The van der Waals surface area contributed by atoms with E-state index in [4.69, 9.17) is 5.73 Å². The van der Waals surface area contributed by atoms with Crippen LogP contribution in [-0.4, -0.2) is 18.5 Å². The minimum Gasteiger partial charge on any atom is -0.368 e. The smallest absolute Gasteiger partial charge is 0.234 e. The van der Waals surface area contributed by atoms with Gasteiger partial charge < -0.3 is 11.1 Å². The average Bonchev–Trinajstić information content (AvgIpc) is 2.33. The first-order valence-electron chi connectivity index (χ1n) is 3.78. The van der Waals surface area contributed by atoms with E-state index in [2.05, 4.69) is 12.2 Å². The lowest BCUT2D eigenvalue weighted by Gasteiger charge is -2.12. The maximum atomic E-state index is 10.7. The molecule has 3 nitrogen and oxygen atoms in total. The van der Waals surface area contributed by atoms with Crippen LogP contribution in [0.3, 0.4) is 0 Å². The highest BCUT2D eigenvalue weighted by atomic mass is 16.1. The van der Waals surface area contributed by atoms with Gasteiger partial charge in [0.05, 0.1) is 6.04 Å². The highest BCUT2D eigenvalue weighted by Gasteiger charge is 2.29. The van der Waals surface area contributed by atoms with Gasteiger partial charge in [-0.15, -0.1) is 0 Å². The first-order valence-corrected chi connectivity index (χ1v) is 3.78. The van der Waals surface area contributed by atoms with Gasteiger partial charge in [-0.3, -0.25) is 4.79 Å². The lowest BCUT2D eigenvalue weighted by atomic mass is 9.98. The minimum absolute atomic E-state index is 0.0648. The molecule has 10 heavy (non-hydrogen) atoms. The van der Waals surface area contributed by atoms with Crippen LogP contribution in [0.5, 0.6) is 0 Å². The Morgan fingerprint density at radius 1 is 1.80 bits per heavy atom. The molecular formula is C7H14N2O. The molecule has 0 bridgehead atoms. The Morgan fingerprint density at radius 2 is 2.50 bits per heavy atom. The third-order valence-electron chi connectivity index (χ3n) is 2.18. The molecule has 1 fully saturated rings. The summed E-state index contributed by atoms with van der Waals surface area (Å²) in [6.45, 7) is 3.03. The van der Waals surface area contributed by atoms with Crippen molar-refractivity contribution in [3.8, 4) is 0 Å². The first-order chi connectivity index (χ1) is 4.75. The van der Waals surface area contributed by atoms with Crippen LogP contribution in [-0.2, 0) is 4.79 Å².